The Labute approximate surface area is 120 Å². The van der Waals surface area contributed by atoms with E-state index in [1.165, 1.54) is 6.42 Å². The van der Waals surface area contributed by atoms with Crippen LogP contribution in [0.3, 0.4) is 0 Å². The second-order valence-electron chi connectivity index (χ2n) is 4.87. The van der Waals surface area contributed by atoms with Crippen molar-refractivity contribution in [1.82, 2.24) is 9.88 Å². The number of carbonyl (C=O) groups is 1. The predicted octanol–water partition coefficient (Wildman–Crippen LogP) is 3.62. The lowest BCUT2D eigenvalue weighted by molar-refractivity contribution is 0.0726. The molecule has 3 rings (SSSR count). The largest absolute Gasteiger partial charge is 0.339 e. The predicted molar refractivity (Wildman–Crippen MR) is 79.2 cm³/mol. The number of hydrogen-bond acceptors (Lipinski definition) is 2. The van der Waals surface area contributed by atoms with Gasteiger partial charge in [0.05, 0.1) is 11.1 Å². The summed E-state index contributed by atoms with van der Waals surface area (Å²) in [5, 5.41) is 0.932. The fourth-order valence-electron chi connectivity index (χ4n) is 2.58. The number of likely N-dealkylation sites (tertiary alicyclic amines) is 1. The normalized spacial score (nSPS) is 15.7. The maximum absolute atomic E-state index is 12.6. The highest BCUT2D eigenvalue weighted by Gasteiger charge is 2.20. The number of pyridine rings is 1. The summed E-state index contributed by atoms with van der Waals surface area (Å²) in [5.41, 5.74) is 1.62. The van der Waals surface area contributed by atoms with Crippen LogP contribution < -0.4 is 0 Å². The van der Waals surface area contributed by atoms with Crippen molar-refractivity contribution in [1.29, 1.82) is 0 Å². The number of nitrogens with zero attached hydrogens (tertiary/aromatic N) is 2. The average molecular weight is 319 g/mol. The minimum Gasteiger partial charge on any atom is -0.339 e. The van der Waals surface area contributed by atoms with Crippen molar-refractivity contribution in [2.45, 2.75) is 19.3 Å². The number of aromatic nitrogens is 1. The fourth-order valence-corrected chi connectivity index (χ4v) is 2.92. The van der Waals surface area contributed by atoms with Gasteiger partial charge in [-0.3, -0.25) is 9.78 Å². The molecule has 1 aliphatic heterocycles. The van der Waals surface area contributed by atoms with E-state index in [-0.39, 0.29) is 5.91 Å². The molecule has 1 fully saturated rings. The summed E-state index contributed by atoms with van der Waals surface area (Å²) < 4.78 is 0.982. The number of hydrogen-bond donors (Lipinski definition) is 0. The lowest BCUT2D eigenvalue weighted by Crippen LogP contribution is -2.35. The number of fused-ring (bicyclic) bond motifs is 1. The zero-order valence-corrected chi connectivity index (χ0v) is 12.2. The molecule has 19 heavy (non-hydrogen) atoms. The van der Waals surface area contributed by atoms with E-state index in [9.17, 15) is 4.79 Å². The maximum Gasteiger partial charge on any atom is 0.254 e. The molecule has 2 heterocycles. The topological polar surface area (TPSA) is 33.2 Å². The van der Waals surface area contributed by atoms with Crippen LogP contribution in [0.15, 0.2) is 34.9 Å². The van der Waals surface area contributed by atoms with E-state index in [0.717, 1.165) is 46.9 Å². The van der Waals surface area contributed by atoms with Crippen LogP contribution in [0, 0.1) is 0 Å². The summed E-state index contributed by atoms with van der Waals surface area (Å²) in [5.74, 6) is 0.134. The molecular formula is C15H15BrN2O. The Kier molecular flexibility index (Phi) is 3.51. The highest BCUT2D eigenvalue weighted by molar-refractivity contribution is 9.10. The molecule has 1 aromatic carbocycles. The Hall–Kier alpha value is -1.42. The van der Waals surface area contributed by atoms with Crippen LogP contribution >= 0.6 is 15.9 Å². The Balaban J connectivity index is 2.02. The molecule has 1 aromatic heterocycles. The smallest absolute Gasteiger partial charge is 0.254 e. The molecule has 1 aliphatic rings. The van der Waals surface area contributed by atoms with E-state index in [2.05, 4.69) is 20.9 Å². The van der Waals surface area contributed by atoms with Crippen molar-refractivity contribution in [3.63, 3.8) is 0 Å². The van der Waals surface area contributed by atoms with Gasteiger partial charge in [0.1, 0.15) is 0 Å². The summed E-state index contributed by atoms with van der Waals surface area (Å²) in [6.45, 7) is 1.75. The summed E-state index contributed by atoms with van der Waals surface area (Å²) in [6, 6.07) is 7.69. The molecule has 1 saturated heterocycles. The van der Waals surface area contributed by atoms with Crippen molar-refractivity contribution >= 4 is 32.7 Å². The first kappa shape index (κ1) is 12.6. The Morgan fingerprint density at radius 3 is 2.74 bits per heavy atom. The second-order valence-corrected chi connectivity index (χ2v) is 5.79. The number of amides is 1. The molecular weight excluding hydrogens is 304 g/mol. The van der Waals surface area contributed by atoms with Gasteiger partial charge < -0.3 is 4.90 Å². The van der Waals surface area contributed by atoms with E-state index < -0.39 is 0 Å². The van der Waals surface area contributed by atoms with Crippen molar-refractivity contribution in [3.05, 3.63) is 40.5 Å². The first-order valence-corrected chi connectivity index (χ1v) is 7.38. The molecule has 0 bridgehead atoms. The van der Waals surface area contributed by atoms with E-state index in [0.29, 0.717) is 0 Å². The van der Waals surface area contributed by atoms with E-state index in [1.54, 1.807) is 6.20 Å². The molecule has 0 unspecified atom stereocenters. The number of piperidine rings is 1. The Morgan fingerprint density at radius 1 is 1.16 bits per heavy atom. The van der Waals surface area contributed by atoms with Gasteiger partial charge in [0.15, 0.2) is 0 Å². The van der Waals surface area contributed by atoms with Gasteiger partial charge in [-0.1, -0.05) is 22.0 Å². The average Bonchev–Trinajstić information content (AvgIpc) is 2.46. The van der Waals surface area contributed by atoms with Crippen LogP contribution in [0.25, 0.3) is 10.9 Å². The van der Waals surface area contributed by atoms with E-state index in [4.69, 9.17) is 0 Å². The monoisotopic (exact) mass is 318 g/mol. The van der Waals surface area contributed by atoms with E-state index in [1.807, 2.05) is 29.2 Å². The molecule has 0 N–H and O–H groups in total. The highest BCUT2D eigenvalue weighted by atomic mass is 79.9. The quantitative estimate of drug-likeness (QED) is 0.804. The molecule has 0 aliphatic carbocycles. The van der Waals surface area contributed by atoms with Gasteiger partial charge in [-0.05, 0) is 37.5 Å². The third-order valence-electron chi connectivity index (χ3n) is 3.58. The lowest BCUT2D eigenvalue weighted by atomic mass is 10.1. The summed E-state index contributed by atoms with van der Waals surface area (Å²) in [7, 11) is 0. The van der Waals surface area contributed by atoms with Gasteiger partial charge in [0, 0.05) is 29.1 Å². The van der Waals surface area contributed by atoms with Crippen molar-refractivity contribution < 1.29 is 4.79 Å². The molecule has 2 aromatic rings. The van der Waals surface area contributed by atoms with Crippen LogP contribution in [0.2, 0.25) is 0 Å². The molecule has 4 heteroatoms. The number of halogens is 1. The molecule has 0 spiro atoms. The molecule has 3 nitrogen and oxygen atoms in total. The minimum absolute atomic E-state index is 0.134. The van der Waals surface area contributed by atoms with Crippen LogP contribution in [-0.2, 0) is 0 Å². The highest BCUT2D eigenvalue weighted by Crippen LogP contribution is 2.23. The van der Waals surface area contributed by atoms with Gasteiger partial charge >= 0.3 is 0 Å². The first-order valence-electron chi connectivity index (χ1n) is 6.59. The molecule has 0 radical (unpaired) electrons. The lowest BCUT2D eigenvalue weighted by Gasteiger charge is -2.27. The molecule has 98 valence electrons. The van der Waals surface area contributed by atoms with Crippen LogP contribution in [0.1, 0.15) is 29.6 Å². The van der Waals surface area contributed by atoms with Crippen LogP contribution in [-0.4, -0.2) is 28.9 Å². The summed E-state index contributed by atoms with van der Waals surface area (Å²) in [4.78, 5) is 18.9. The third kappa shape index (κ3) is 2.50. The molecule has 0 saturated carbocycles. The fraction of sp³-hybridized carbons (Fsp3) is 0.333. The van der Waals surface area contributed by atoms with Crippen molar-refractivity contribution in [2.75, 3.05) is 13.1 Å². The number of carbonyl (C=O) groups excluding carboxylic acids is 1. The number of benzene rings is 1. The SMILES string of the molecule is O=C(c1ccnc2cc(Br)ccc12)N1CCCCC1. The maximum atomic E-state index is 12.6. The van der Waals surface area contributed by atoms with Gasteiger partial charge in [-0.15, -0.1) is 0 Å². The van der Waals surface area contributed by atoms with Crippen LogP contribution in [0.5, 0.6) is 0 Å². The zero-order chi connectivity index (χ0) is 13.2. The summed E-state index contributed by atoms with van der Waals surface area (Å²) >= 11 is 3.44. The van der Waals surface area contributed by atoms with Crippen molar-refractivity contribution in [3.8, 4) is 0 Å². The standard InChI is InChI=1S/C15H15BrN2O/c16-11-4-5-12-13(6-7-17-14(12)10-11)15(19)18-8-2-1-3-9-18/h4-7,10H,1-3,8-9H2. The Morgan fingerprint density at radius 2 is 1.95 bits per heavy atom. The van der Waals surface area contributed by atoms with Crippen LogP contribution in [0.4, 0.5) is 0 Å². The van der Waals surface area contributed by atoms with Gasteiger partial charge in [-0.2, -0.15) is 0 Å². The molecule has 1 amide bonds. The number of rotatable bonds is 1. The third-order valence-corrected chi connectivity index (χ3v) is 4.07. The Bertz CT molecular complexity index is 621. The minimum atomic E-state index is 0.134. The zero-order valence-electron chi connectivity index (χ0n) is 10.6. The van der Waals surface area contributed by atoms with Gasteiger partial charge in [0.25, 0.3) is 5.91 Å². The first-order chi connectivity index (χ1) is 9.25. The van der Waals surface area contributed by atoms with E-state index >= 15 is 0 Å². The molecule has 0 atom stereocenters. The van der Waals surface area contributed by atoms with Gasteiger partial charge in [0.2, 0.25) is 0 Å². The second kappa shape index (κ2) is 5.29. The van der Waals surface area contributed by atoms with Crippen molar-refractivity contribution in [2.24, 2.45) is 0 Å². The summed E-state index contributed by atoms with van der Waals surface area (Å²) in [6.07, 6.45) is 5.17. The van der Waals surface area contributed by atoms with Gasteiger partial charge in [-0.25, -0.2) is 0 Å².